The van der Waals surface area contributed by atoms with Crippen LogP contribution in [0.4, 0.5) is 5.69 Å². The zero-order valence-electron chi connectivity index (χ0n) is 16.2. The van der Waals surface area contributed by atoms with Crippen molar-refractivity contribution in [2.24, 2.45) is 5.92 Å². The van der Waals surface area contributed by atoms with Gasteiger partial charge in [-0.15, -0.1) is 0 Å². The van der Waals surface area contributed by atoms with Gasteiger partial charge in [0.05, 0.1) is 0 Å². The first kappa shape index (κ1) is 20.2. The molecule has 6 nitrogen and oxygen atoms in total. The standard InChI is InChI=1S/C20H31N3O3/c1-14(2)13-18(20(25)26)21-19(24)16-5-7-17(8-6-16)23-11-9-22(10-12-23)15(3)4/h5-8,14-15,18H,9-13H2,1-4H3,(H,21,24)(H,25,26)/t18-/m1/s1. The van der Waals surface area contributed by atoms with Crippen molar-refractivity contribution in [3.8, 4) is 0 Å². The second kappa shape index (κ2) is 9.03. The van der Waals surface area contributed by atoms with E-state index in [0.29, 0.717) is 18.0 Å². The fraction of sp³-hybridized carbons (Fsp3) is 0.600. The van der Waals surface area contributed by atoms with Gasteiger partial charge in [-0.05, 0) is 50.5 Å². The Kier molecular flexibility index (Phi) is 7.03. The van der Waals surface area contributed by atoms with Crippen LogP contribution in [0.1, 0.15) is 44.5 Å². The molecule has 1 aliphatic rings. The van der Waals surface area contributed by atoms with Gasteiger partial charge in [-0.2, -0.15) is 0 Å². The fourth-order valence-corrected chi connectivity index (χ4v) is 3.25. The van der Waals surface area contributed by atoms with E-state index in [2.05, 4.69) is 29.0 Å². The van der Waals surface area contributed by atoms with Crippen LogP contribution >= 0.6 is 0 Å². The van der Waals surface area contributed by atoms with E-state index in [0.717, 1.165) is 31.9 Å². The first-order chi connectivity index (χ1) is 12.3. The molecule has 1 aromatic carbocycles. The van der Waals surface area contributed by atoms with Gasteiger partial charge in [-0.25, -0.2) is 4.79 Å². The molecule has 1 heterocycles. The lowest BCUT2D eigenvalue weighted by Crippen LogP contribution is -2.48. The number of carboxylic acid groups (broad SMARTS) is 1. The van der Waals surface area contributed by atoms with Crippen molar-refractivity contribution in [3.63, 3.8) is 0 Å². The lowest BCUT2D eigenvalue weighted by atomic mass is 10.0. The Bertz CT molecular complexity index is 605. The lowest BCUT2D eigenvalue weighted by molar-refractivity contribution is -0.139. The van der Waals surface area contributed by atoms with Crippen molar-refractivity contribution in [2.45, 2.75) is 46.2 Å². The molecule has 0 bridgehead atoms. The maximum absolute atomic E-state index is 12.4. The van der Waals surface area contributed by atoms with Crippen LogP contribution < -0.4 is 10.2 Å². The van der Waals surface area contributed by atoms with Crippen molar-refractivity contribution in [2.75, 3.05) is 31.1 Å². The molecule has 2 rings (SSSR count). The summed E-state index contributed by atoms with van der Waals surface area (Å²) in [6, 6.07) is 7.14. The normalized spacial score (nSPS) is 16.8. The highest BCUT2D eigenvalue weighted by atomic mass is 16.4. The third-order valence-electron chi connectivity index (χ3n) is 4.85. The zero-order chi connectivity index (χ0) is 19.3. The van der Waals surface area contributed by atoms with Crippen LogP contribution in [0.25, 0.3) is 0 Å². The number of hydrogen-bond acceptors (Lipinski definition) is 4. The highest BCUT2D eigenvalue weighted by Gasteiger charge is 2.22. The summed E-state index contributed by atoms with van der Waals surface area (Å²) in [5.41, 5.74) is 1.59. The number of carboxylic acids is 1. The van der Waals surface area contributed by atoms with Gasteiger partial charge in [0.1, 0.15) is 6.04 Å². The Morgan fingerprint density at radius 2 is 1.62 bits per heavy atom. The van der Waals surface area contributed by atoms with Crippen LogP contribution in [0, 0.1) is 5.92 Å². The number of nitrogens with zero attached hydrogens (tertiary/aromatic N) is 2. The van der Waals surface area contributed by atoms with Gasteiger partial charge in [0.15, 0.2) is 0 Å². The Balaban J connectivity index is 1.96. The molecular weight excluding hydrogens is 330 g/mol. The van der Waals surface area contributed by atoms with Gasteiger partial charge in [-0.1, -0.05) is 13.8 Å². The maximum Gasteiger partial charge on any atom is 0.326 e. The summed E-state index contributed by atoms with van der Waals surface area (Å²) < 4.78 is 0. The Morgan fingerprint density at radius 1 is 1.04 bits per heavy atom. The third kappa shape index (κ3) is 5.46. The Morgan fingerprint density at radius 3 is 2.08 bits per heavy atom. The van der Waals surface area contributed by atoms with Crippen LogP contribution in [-0.4, -0.2) is 60.1 Å². The summed E-state index contributed by atoms with van der Waals surface area (Å²) in [5, 5.41) is 11.9. The predicted octanol–water partition coefficient (Wildman–Crippen LogP) is 2.45. The van der Waals surface area contributed by atoms with Crippen molar-refractivity contribution in [3.05, 3.63) is 29.8 Å². The minimum absolute atomic E-state index is 0.197. The molecule has 0 unspecified atom stereocenters. The van der Waals surface area contributed by atoms with E-state index in [1.165, 1.54) is 0 Å². The number of carbonyl (C=O) groups is 2. The van der Waals surface area contributed by atoms with Crippen LogP contribution in [0.3, 0.4) is 0 Å². The molecule has 0 spiro atoms. The van der Waals surface area contributed by atoms with Gasteiger partial charge in [0, 0.05) is 43.5 Å². The highest BCUT2D eigenvalue weighted by Crippen LogP contribution is 2.18. The molecule has 1 atom stereocenters. The second-order valence-electron chi connectivity index (χ2n) is 7.66. The number of benzene rings is 1. The van der Waals surface area contributed by atoms with Crippen LogP contribution in [0.5, 0.6) is 0 Å². The zero-order valence-corrected chi connectivity index (χ0v) is 16.2. The molecule has 6 heteroatoms. The van der Waals surface area contributed by atoms with E-state index in [4.69, 9.17) is 0 Å². The summed E-state index contributed by atoms with van der Waals surface area (Å²) >= 11 is 0. The average molecular weight is 361 g/mol. The van der Waals surface area contributed by atoms with Crippen LogP contribution in [-0.2, 0) is 4.79 Å². The third-order valence-corrected chi connectivity index (χ3v) is 4.85. The summed E-state index contributed by atoms with van der Waals surface area (Å²) in [4.78, 5) is 28.4. The van der Waals surface area contributed by atoms with Crippen molar-refractivity contribution in [1.82, 2.24) is 10.2 Å². The number of rotatable bonds is 7. The van der Waals surface area contributed by atoms with Gasteiger partial charge >= 0.3 is 5.97 Å². The summed E-state index contributed by atoms with van der Waals surface area (Å²) in [6.45, 7) is 12.3. The lowest BCUT2D eigenvalue weighted by Gasteiger charge is -2.38. The molecule has 0 saturated carbocycles. The SMILES string of the molecule is CC(C)C[C@@H](NC(=O)c1ccc(N2CCN(C(C)C)CC2)cc1)C(=O)O. The molecule has 0 aliphatic carbocycles. The number of anilines is 1. The Labute approximate surface area is 156 Å². The van der Waals surface area contributed by atoms with E-state index < -0.39 is 12.0 Å². The monoisotopic (exact) mass is 361 g/mol. The summed E-state index contributed by atoms with van der Waals surface area (Å²) in [6.07, 6.45) is 0.416. The van der Waals surface area contributed by atoms with E-state index >= 15 is 0 Å². The number of nitrogens with one attached hydrogen (secondary N) is 1. The average Bonchev–Trinajstić information content (AvgIpc) is 2.61. The molecule has 144 valence electrons. The van der Waals surface area contributed by atoms with Gasteiger partial charge in [0.2, 0.25) is 0 Å². The maximum atomic E-state index is 12.4. The second-order valence-corrected chi connectivity index (χ2v) is 7.66. The van der Waals surface area contributed by atoms with Crippen molar-refractivity contribution in [1.29, 1.82) is 0 Å². The predicted molar refractivity (Wildman–Crippen MR) is 104 cm³/mol. The van der Waals surface area contributed by atoms with Gasteiger partial charge in [-0.3, -0.25) is 9.69 Å². The molecule has 1 amide bonds. The highest BCUT2D eigenvalue weighted by molar-refractivity contribution is 5.96. The quantitative estimate of drug-likeness (QED) is 0.780. The Hall–Kier alpha value is -2.08. The molecule has 0 aromatic heterocycles. The minimum Gasteiger partial charge on any atom is -0.480 e. The molecule has 1 fully saturated rings. The van der Waals surface area contributed by atoms with E-state index in [1.54, 1.807) is 12.1 Å². The largest absolute Gasteiger partial charge is 0.480 e. The number of piperazine rings is 1. The number of carbonyl (C=O) groups excluding carboxylic acids is 1. The smallest absolute Gasteiger partial charge is 0.326 e. The van der Waals surface area contributed by atoms with E-state index in [9.17, 15) is 14.7 Å². The summed E-state index contributed by atoms with van der Waals surface area (Å²) in [5.74, 6) is -1.13. The summed E-state index contributed by atoms with van der Waals surface area (Å²) in [7, 11) is 0. The molecule has 1 aromatic rings. The molecule has 1 saturated heterocycles. The molecule has 1 aliphatic heterocycles. The molecule has 2 N–H and O–H groups in total. The van der Waals surface area contributed by atoms with Crippen LogP contribution in [0.15, 0.2) is 24.3 Å². The molecular formula is C20H31N3O3. The van der Waals surface area contributed by atoms with Crippen molar-refractivity contribution >= 4 is 17.6 Å². The number of amides is 1. The molecule has 0 radical (unpaired) electrons. The van der Waals surface area contributed by atoms with Crippen LogP contribution in [0.2, 0.25) is 0 Å². The topological polar surface area (TPSA) is 72.9 Å². The fourth-order valence-electron chi connectivity index (χ4n) is 3.25. The number of aliphatic carboxylic acids is 1. The molecule has 26 heavy (non-hydrogen) atoms. The van der Waals surface area contributed by atoms with Crippen molar-refractivity contribution < 1.29 is 14.7 Å². The first-order valence-electron chi connectivity index (χ1n) is 9.40. The number of hydrogen-bond donors (Lipinski definition) is 2. The minimum atomic E-state index is -0.994. The van der Waals surface area contributed by atoms with E-state index in [1.807, 2.05) is 26.0 Å². The van der Waals surface area contributed by atoms with Gasteiger partial charge < -0.3 is 15.3 Å². The van der Waals surface area contributed by atoms with Gasteiger partial charge in [0.25, 0.3) is 5.91 Å². The van der Waals surface area contributed by atoms with E-state index in [-0.39, 0.29) is 11.8 Å². The first-order valence-corrected chi connectivity index (χ1v) is 9.40.